The lowest BCUT2D eigenvalue weighted by Gasteiger charge is -2.46. The van der Waals surface area contributed by atoms with Crippen LogP contribution < -0.4 is 10.5 Å². The summed E-state index contributed by atoms with van der Waals surface area (Å²) in [7, 11) is -0.213. The van der Waals surface area contributed by atoms with Gasteiger partial charge in [0.2, 0.25) is 0 Å². The third-order valence-corrected chi connectivity index (χ3v) is 12.5. The summed E-state index contributed by atoms with van der Waals surface area (Å²) in [5, 5.41) is 10.4. The van der Waals surface area contributed by atoms with Gasteiger partial charge in [-0.15, -0.1) is 0 Å². The number of aromatic hydroxyl groups is 1. The number of pyridine rings is 1. The molecule has 0 saturated carbocycles. The third kappa shape index (κ3) is 4.82. The highest BCUT2D eigenvalue weighted by Crippen LogP contribution is 2.44. The first-order valence-electron chi connectivity index (χ1n) is 12.0. The van der Waals surface area contributed by atoms with E-state index >= 15 is 0 Å². The van der Waals surface area contributed by atoms with E-state index < -0.39 is 8.32 Å². The smallest absolute Gasteiger partial charge is 0.192 e. The minimum Gasteiger partial charge on any atom is -0.504 e. The molecule has 0 radical (unpaired) electrons. The van der Waals surface area contributed by atoms with Crippen LogP contribution in [0.4, 0.5) is 0 Å². The molecule has 3 heterocycles. The van der Waals surface area contributed by atoms with E-state index in [4.69, 9.17) is 19.9 Å². The van der Waals surface area contributed by atoms with Crippen LogP contribution in [0.2, 0.25) is 18.1 Å². The van der Waals surface area contributed by atoms with Crippen molar-refractivity contribution in [2.24, 2.45) is 5.73 Å². The molecule has 7 heteroatoms. The molecule has 0 unspecified atom stereocenters. The highest BCUT2D eigenvalue weighted by molar-refractivity contribution is 6.74. The summed E-state index contributed by atoms with van der Waals surface area (Å²) >= 11 is 0. The molecule has 0 aliphatic carbocycles. The number of nitrogens with two attached hydrogens (primary N) is 1. The predicted octanol–water partition coefficient (Wildman–Crippen LogP) is 4.73. The van der Waals surface area contributed by atoms with E-state index in [2.05, 4.69) is 50.9 Å². The number of piperidine rings is 1. The van der Waals surface area contributed by atoms with Crippen LogP contribution in [-0.4, -0.2) is 49.5 Å². The number of rotatable bonds is 5. The van der Waals surface area contributed by atoms with Crippen molar-refractivity contribution < 1.29 is 14.3 Å². The maximum atomic E-state index is 10.2. The Balaban J connectivity index is 1.51. The summed E-state index contributed by atoms with van der Waals surface area (Å²) in [6.45, 7) is 13.8. The lowest BCUT2D eigenvalue weighted by Crippen LogP contribution is -2.50. The molecule has 0 bridgehead atoms. The summed E-state index contributed by atoms with van der Waals surface area (Å²) in [5.41, 5.74) is 11.4. The minimum absolute atomic E-state index is 0.0149. The number of hydrogen-bond acceptors (Lipinski definition) is 6. The molecule has 1 aromatic heterocycles. The van der Waals surface area contributed by atoms with E-state index in [9.17, 15) is 5.11 Å². The number of benzene rings is 1. The minimum atomic E-state index is -1.81. The molecule has 180 valence electrons. The van der Waals surface area contributed by atoms with Crippen molar-refractivity contribution in [3.63, 3.8) is 0 Å². The van der Waals surface area contributed by atoms with Crippen molar-refractivity contribution in [3.8, 4) is 11.5 Å². The number of methoxy groups -OCH3 is 1. The Hall–Kier alpha value is -1.93. The normalized spacial score (nSPS) is 23.7. The fourth-order valence-electron chi connectivity index (χ4n) is 4.82. The molecule has 6 nitrogen and oxygen atoms in total. The van der Waals surface area contributed by atoms with Gasteiger partial charge in [0, 0.05) is 43.0 Å². The van der Waals surface area contributed by atoms with E-state index in [0.717, 1.165) is 31.6 Å². The fourth-order valence-corrected chi connectivity index (χ4v) is 5.78. The second-order valence-electron chi connectivity index (χ2n) is 11.1. The van der Waals surface area contributed by atoms with Crippen LogP contribution in [0.3, 0.4) is 0 Å². The highest BCUT2D eigenvalue weighted by Gasteiger charge is 2.40. The van der Waals surface area contributed by atoms with Crippen LogP contribution in [0.15, 0.2) is 30.5 Å². The molecule has 2 aliphatic heterocycles. The quantitative estimate of drug-likeness (QED) is 0.616. The van der Waals surface area contributed by atoms with E-state index in [1.807, 2.05) is 18.3 Å². The van der Waals surface area contributed by atoms with Crippen molar-refractivity contribution in [1.29, 1.82) is 0 Å². The molecule has 3 N–H and O–H groups in total. The van der Waals surface area contributed by atoms with Gasteiger partial charge >= 0.3 is 0 Å². The van der Waals surface area contributed by atoms with E-state index in [1.54, 1.807) is 7.11 Å². The Bertz CT molecular complexity index is 1000. The van der Waals surface area contributed by atoms with Crippen LogP contribution in [0.5, 0.6) is 11.5 Å². The Morgan fingerprint density at radius 3 is 2.70 bits per heavy atom. The fraction of sp³-hybridized carbons (Fsp3) is 0.577. The van der Waals surface area contributed by atoms with Gasteiger partial charge in [-0.1, -0.05) is 20.8 Å². The number of fused-ring (bicyclic) bond motifs is 3. The molecular formula is C26H39N3O3Si. The number of phenols is 1. The first kappa shape index (κ1) is 24.2. The van der Waals surface area contributed by atoms with Gasteiger partial charge < -0.3 is 20.0 Å². The second kappa shape index (κ2) is 9.02. The first-order chi connectivity index (χ1) is 15.5. The number of phenolic OH excluding ortho intramolecular Hbond substituents is 1. The van der Waals surface area contributed by atoms with Gasteiger partial charge in [-0.25, -0.2) is 0 Å². The largest absolute Gasteiger partial charge is 0.504 e. The molecule has 1 aromatic carbocycles. The first-order valence-corrected chi connectivity index (χ1v) is 14.9. The summed E-state index contributed by atoms with van der Waals surface area (Å²) in [5.74, 6) is 0.931. The van der Waals surface area contributed by atoms with Crippen molar-refractivity contribution >= 4 is 8.32 Å². The van der Waals surface area contributed by atoms with Gasteiger partial charge in [-0.05, 0) is 71.9 Å². The molecular weight excluding hydrogens is 430 g/mol. The van der Waals surface area contributed by atoms with Crippen molar-refractivity contribution in [3.05, 3.63) is 52.8 Å². The average molecular weight is 470 g/mol. The van der Waals surface area contributed by atoms with Gasteiger partial charge in [0.1, 0.15) is 0 Å². The molecule has 1 saturated heterocycles. The predicted molar refractivity (Wildman–Crippen MR) is 134 cm³/mol. The molecule has 33 heavy (non-hydrogen) atoms. The van der Waals surface area contributed by atoms with Gasteiger partial charge in [-0.2, -0.15) is 0 Å². The monoisotopic (exact) mass is 469 g/mol. The van der Waals surface area contributed by atoms with Gasteiger partial charge in [-0.3, -0.25) is 9.88 Å². The summed E-state index contributed by atoms with van der Waals surface area (Å²) in [4.78, 5) is 7.24. The van der Waals surface area contributed by atoms with E-state index in [-0.39, 0.29) is 28.8 Å². The number of ether oxygens (including phenoxy) is 1. The Kier molecular flexibility index (Phi) is 6.62. The third-order valence-electron chi connectivity index (χ3n) is 7.98. The standard InChI is InChI=1S/C26H39N3O3Si/c1-26(2,3)33(5,6)32-16-17-7-9-28-22(11-17)20-15-29-10-8-18-12-24(30)25(31-4)13-19(18)23(29)14-21(20)27/h7,9,11-13,20-21,23,30H,8,10,14-16,27H2,1-6H3/t20-,21-,23-/m1/s1. The molecule has 2 aliphatic rings. The molecule has 0 spiro atoms. The van der Waals surface area contributed by atoms with Crippen molar-refractivity contribution in [1.82, 2.24) is 9.88 Å². The van der Waals surface area contributed by atoms with E-state index in [1.165, 1.54) is 16.7 Å². The van der Waals surface area contributed by atoms with Crippen LogP contribution in [0.25, 0.3) is 0 Å². The van der Waals surface area contributed by atoms with Crippen LogP contribution in [-0.2, 0) is 17.5 Å². The second-order valence-corrected chi connectivity index (χ2v) is 15.9. The van der Waals surface area contributed by atoms with Gasteiger partial charge in [0.25, 0.3) is 0 Å². The van der Waals surface area contributed by atoms with Crippen LogP contribution in [0, 0.1) is 0 Å². The topological polar surface area (TPSA) is 80.8 Å². The maximum Gasteiger partial charge on any atom is 0.192 e. The van der Waals surface area contributed by atoms with Crippen molar-refractivity contribution in [2.45, 2.75) is 76.4 Å². The zero-order chi connectivity index (χ0) is 24.0. The Morgan fingerprint density at radius 1 is 1.24 bits per heavy atom. The van der Waals surface area contributed by atoms with Crippen LogP contribution in [0.1, 0.15) is 61.5 Å². The number of hydrogen-bond donors (Lipinski definition) is 2. The SMILES string of the molecule is COc1cc2c(cc1O)CCN1C[C@@H](c3cc(CO[Si](C)(C)C(C)(C)C)ccn3)[C@H](N)C[C@H]21. The number of nitrogens with zero attached hydrogens (tertiary/aromatic N) is 2. The molecule has 4 rings (SSSR count). The molecule has 0 amide bonds. The Labute approximate surface area is 199 Å². The lowest BCUT2D eigenvalue weighted by molar-refractivity contribution is 0.108. The van der Waals surface area contributed by atoms with Gasteiger partial charge in [0.05, 0.1) is 13.7 Å². The molecule has 1 fully saturated rings. The molecule has 2 aromatic rings. The highest BCUT2D eigenvalue weighted by atomic mass is 28.4. The van der Waals surface area contributed by atoms with E-state index in [0.29, 0.717) is 12.4 Å². The molecule has 3 atom stereocenters. The average Bonchev–Trinajstić information content (AvgIpc) is 2.76. The number of aromatic nitrogens is 1. The van der Waals surface area contributed by atoms with Gasteiger partial charge in [0.15, 0.2) is 19.8 Å². The summed E-state index contributed by atoms with van der Waals surface area (Å²) in [6, 6.07) is 8.36. The van der Waals surface area contributed by atoms with Crippen LogP contribution >= 0.6 is 0 Å². The Morgan fingerprint density at radius 2 is 2.00 bits per heavy atom. The lowest BCUT2D eigenvalue weighted by atomic mass is 9.79. The summed E-state index contributed by atoms with van der Waals surface area (Å²) in [6.07, 6.45) is 3.68. The maximum absolute atomic E-state index is 10.2. The zero-order valence-electron chi connectivity index (χ0n) is 20.9. The van der Waals surface area contributed by atoms with Crippen molar-refractivity contribution in [2.75, 3.05) is 20.2 Å². The zero-order valence-corrected chi connectivity index (χ0v) is 21.9. The summed E-state index contributed by atoms with van der Waals surface area (Å²) < 4.78 is 11.8.